The van der Waals surface area contributed by atoms with Gasteiger partial charge in [0.2, 0.25) is 5.71 Å². The van der Waals surface area contributed by atoms with Crippen LogP contribution in [0.2, 0.25) is 0 Å². The predicted octanol–water partition coefficient (Wildman–Crippen LogP) is 6.62. The highest BCUT2D eigenvalue weighted by atomic mass is 16.3. The first-order valence-corrected chi connectivity index (χ1v) is 10.3. The number of anilines is 1. The van der Waals surface area contributed by atoms with Crippen LogP contribution in [0.3, 0.4) is 0 Å². The molecule has 1 saturated heterocycles. The molecule has 2 aliphatic rings. The van der Waals surface area contributed by atoms with Crippen LogP contribution in [0.25, 0.3) is 22.1 Å². The summed E-state index contributed by atoms with van der Waals surface area (Å²) in [5, 5.41) is 2.07. The molecule has 3 aromatic rings. The average Bonchev–Trinajstić information content (AvgIpc) is 3.12. The summed E-state index contributed by atoms with van der Waals surface area (Å²) in [6.45, 7) is 8.49. The summed E-state index contributed by atoms with van der Waals surface area (Å²) in [4.78, 5) is 6.77. The topological polar surface area (TPSA) is 29.3 Å². The van der Waals surface area contributed by atoms with Crippen molar-refractivity contribution in [2.45, 2.75) is 77.8 Å². The molecule has 0 amide bonds. The van der Waals surface area contributed by atoms with Gasteiger partial charge in [0.25, 0.3) is 0 Å². The van der Waals surface area contributed by atoms with Gasteiger partial charge in [0.1, 0.15) is 0 Å². The second-order valence-electron chi connectivity index (χ2n) is 9.01. The van der Waals surface area contributed by atoms with Crippen molar-refractivity contribution in [1.82, 2.24) is 4.98 Å². The zero-order valence-electron chi connectivity index (χ0n) is 18.8. The molecule has 5 rings (SSSR count). The number of fused-ring (bicyclic) bond motifs is 3. The Bertz CT molecular complexity index is 1090. The summed E-state index contributed by atoms with van der Waals surface area (Å²) in [7, 11) is 0. The molecular weight excluding hydrogens is 332 g/mol. The third-order valence-corrected chi connectivity index (χ3v) is 6.92. The summed E-state index contributed by atoms with van der Waals surface area (Å²) >= 11 is 0. The third kappa shape index (κ3) is 2.36. The lowest BCUT2D eigenvalue weighted by molar-refractivity contribution is 0.170. The minimum absolute atomic E-state index is 0.0956. The Hall–Kier alpha value is -2.03. The number of furan rings is 1. The average molecular weight is 365 g/mol. The Morgan fingerprint density at radius 2 is 1.93 bits per heavy atom. The van der Waals surface area contributed by atoms with Crippen molar-refractivity contribution < 1.29 is 7.16 Å². The van der Waals surface area contributed by atoms with E-state index >= 15 is 0 Å². The zero-order chi connectivity index (χ0) is 20.6. The smallest absolute Gasteiger partial charge is 0.227 e. The number of rotatable bonds is 1. The van der Waals surface area contributed by atoms with Crippen LogP contribution in [-0.2, 0) is 0 Å². The highest BCUT2D eigenvalue weighted by Gasteiger charge is 2.54. The molecule has 3 heterocycles. The Morgan fingerprint density at radius 1 is 1.15 bits per heavy atom. The summed E-state index contributed by atoms with van der Waals surface area (Å²) < 4.78 is 24.9. The Morgan fingerprint density at radius 3 is 2.70 bits per heavy atom. The summed E-state index contributed by atoms with van der Waals surface area (Å²) in [6.07, 6.45) is 5.83. The van der Waals surface area contributed by atoms with Gasteiger partial charge in [-0.05, 0) is 70.0 Å². The van der Waals surface area contributed by atoms with Crippen LogP contribution in [0.4, 0.5) is 5.69 Å². The maximum Gasteiger partial charge on any atom is 0.227 e. The lowest BCUT2D eigenvalue weighted by atomic mass is 9.68. The monoisotopic (exact) mass is 364 g/mol. The normalized spacial score (nSPS) is 27.3. The predicted molar refractivity (Wildman–Crippen MR) is 112 cm³/mol. The van der Waals surface area contributed by atoms with Crippen molar-refractivity contribution in [2.24, 2.45) is 5.41 Å². The summed E-state index contributed by atoms with van der Waals surface area (Å²) in [5.41, 5.74) is 2.67. The molecule has 1 spiro atoms. The molecule has 0 N–H and O–H groups in total. The van der Waals surface area contributed by atoms with Crippen LogP contribution in [-0.4, -0.2) is 16.6 Å². The van der Waals surface area contributed by atoms with E-state index in [0.29, 0.717) is 5.71 Å². The van der Waals surface area contributed by atoms with Crippen LogP contribution in [0.15, 0.2) is 34.9 Å². The number of hydrogen-bond donors (Lipinski definition) is 0. The number of nitrogens with zero attached hydrogens (tertiary/aromatic N) is 2. The molecule has 1 aliphatic heterocycles. The van der Waals surface area contributed by atoms with Crippen molar-refractivity contribution in [2.75, 3.05) is 4.90 Å². The minimum atomic E-state index is -1.29. The van der Waals surface area contributed by atoms with Gasteiger partial charge in [0.15, 0.2) is 5.58 Å². The van der Waals surface area contributed by atoms with Crippen LogP contribution >= 0.6 is 0 Å². The lowest BCUT2D eigenvalue weighted by Crippen LogP contribution is -2.44. The number of pyridine rings is 1. The van der Waals surface area contributed by atoms with Gasteiger partial charge in [-0.1, -0.05) is 31.4 Å². The van der Waals surface area contributed by atoms with Crippen LogP contribution in [0.1, 0.15) is 67.6 Å². The van der Waals surface area contributed by atoms with Crippen LogP contribution < -0.4 is 4.90 Å². The molecule has 1 aromatic carbocycles. The first-order valence-electron chi connectivity index (χ1n) is 11.3. The highest BCUT2D eigenvalue weighted by Crippen LogP contribution is 2.57. The summed E-state index contributed by atoms with van der Waals surface area (Å²) in [5.74, 6) is 0. The number of hydrogen-bond acceptors (Lipinski definition) is 3. The quantitative estimate of drug-likeness (QED) is 0.486. The van der Waals surface area contributed by atoms with Gasteiger partial charge in [-0.2, -0.15) is 0 Å². The van der Waals surface area contributed by atoms with Crippen molar-refractivity contribution >= 4 is 27.8 Å². The molecule has 0 bridgehead atoms. The maximum atomic E-state index is 9.31. The maximum absolute atomic E-state index is 9.31. The third-order valence-electron chi connectivity index (χ3n) is 6.92. The molecule has 1 saturated carbocycles. The molecule has 27 heavy (non-hydrogen) atoms. The second-order valence-corrected chi connectivity index (χ2v) is 9.01. The van der Waals surface area contributed by atoms with E-state index in [4.69, 9.17) is 4.42 Å². The van der Waals surface area contributed by atoms with E-state index < -0.39 is 11.9 Å². The van der Waals surface area contributed by atoms with Crippen molar-refractivity contribution in [3.63, 3.8) is 0 Å². The molecule has 3 nitrogen and oxygen atoms in total. The van der Waals surface area contributed by atoms with E-state index in [2.05, 4.69) is 49.7 Å². The number of aromatic nitrogens is 1. The van der Waals surface area contributed by atoms with E-state index in [9.17, 15) is 2.74 Å². The first-order chi connectivity index (χ1) is 13.7. The van der Waals surface area contributed by atoms with E-state index in [1.54, 1.807) is 6.20 Å². The second kappa shape index (κ2) is 5.73. The van der Waals surface area contributed by atoms with E-state index in [1.807, 2.05) is 12.1 Å². The SMILES string of the molecule is [2H]C1([2H])C2(CCCCC2)C(C)N(c2c(C)ccc3c2oc2ncccc23)C1(C)C. The number of benzene rings is 1. The Kier molecular flexibility index (Phi) is 3.18. The first kappa shape index (κ1) is 15.0. The summed E-state index contributed by atoms with van der Waals surface area (Å²) in [6, 6.07) is 8.34. The van der Waals surface area contributed by atoms with Crippen molar-refractivity contribution in [3.05, 3.63) is 36.0 Å². The fourth-order valence-corrected chi connectivity index (χ4v) is 5.76. The van der Waals surface area contributed by atoms with Crippen LogP contribution in [0, 0.1) is 12.3 Å². The van der Waals surface area contributed by atoms with Crippen LogP contribution in [0.5, 0.6) is 0 Å². The molecule has 142 valence electrons. The van der Waals surface area contributed by atoms with Gasteiger partial charge in [-0.3, -0.25) is 0 Å². The van der Waals surface area contributed by atoms with Gasteiger partial charge in [0.05, 0.1) is 5.69 Å². The van der Waals surface area contributed by atoms with E-state index in [-0.39, 0.29) is 11.5 Å². The molecule has 2 fully saturated rings. The Balaban J connectivity index is 1.79. The van der Waals surface area contributed by atoms with Gasteiger partial charge in [-0.25, -0.2) is 4.98 Å². The largest absolute Gasteiger partial charge is 0.436 e. The molecule has 2 aromatic heterocycles. The molecule has 1 aliphatic carbocycles. The highest BCUT2D eigenvalue weighted by molar-refractivity contribution is 6.08. The standard InChI is InChI=1S/C24H30N2O/c1-16-10-11-18-19-9-8-14-25-22(19)27-21(18)20(16)26-17(2)24(15-23(26,3)4)12-6-5-7-13-24/h8-11,14,17H,5-7,12-13,15H2,1-4H3/i15D2. The number of aryl methyl sites for hydroxylation is 1. The molecule has 1 atom stereocenters. The molecule has 3 heteroatoms. The fraction of sp³-hybridized carbons (Fsp3) is 0.542. The van der Waals surface area contributed by atoms with E-state index in [1.165, 1.54) is 6.42 Å². The van der Waals surface area contributed by atoms with Crippen molar-refractivity contribution in [1.29, 1.82) is 0 Å². The molecule has 0 radical (unpaired) electrons. The van der Waals surface area contributed by atoms with Crippen molar-refractivity contribution in [3.8, 4) is 0 Å². The van der Waals surface area contributed by atoms with E-state index in [0.717, 1.165) is 53.3 Å². The zero-order valence-corrected chi connectivity index (χ0v) is 16.8. The minimum Gasteiger partial charge on any atom is -0.436 e. The van der Waals surface area contributed by atoms with Gasteiger partial charge in [0, 0.05) is 31.3 Å². The Labute approximate surface area is 164 Å². The molecule has 1 unspecified atom stereocenters. The lowest BCUT2D eigenvalue weighted by Gasteiger charge is -2.41. The molecular formula is C24H30N2O. The van der Waals surface area contributed by atoms with Gasteiger partial charge < -0.3 is 9.32 Å². The van der Waals surface area contributed by atoms with Gasteiger partial charge >= 0.3 is 0 Å². The van der Waals surface area contributed by atoms with Gasteiger partial charge in [-0.15, -0.1) is 0 Å². The fourth-order valence-electron chi connectivity index (χ4n) is 5.76.